The topological polar surface area (TPSA) is 17.1 Å². The normalized spacial score (nSPS) is 11.6. The molecule has 0 saturated heterocycles. The highest BCUT2D eigenvalue weighted by atomic mass is 35.7. The first-order chi connectivity index (χ1) is 8.85. The molecule has 0 N–H and O–H groups in total. The fraction of sp³-hybridized carbons (Fsp3) is 0.250. The Hall–Kier alpha value is -1.04. The van der Waals surface area contributed by atoms with Crippen molar-refractivity contribution in [2.24, 2.45) is 0 Å². The van der Waals surface area contributed by atoms with E-state index in [-0.39, 0.29) is 0 Å². The second kappa shape index (κ2) is 5.15. The molecule has 0 amide bonds. The molecule has 0 bridgehead atoms. The molecule has 0 fully saturated rings. The zero-order valence-electron chi connectivity index (χ0n) is 11.7. The predicted molar refractivity (Wildman–Crippen MR) is 84.6 cm³/mol. The molecule has 2 aromatic carbocycles. The van der Waals surface area contributed by atoms with Gasteiger partial charge in [-0.2, -0.15) is 0 Å². The molecule has 3 heteroatoms. The number of benzene rings is 2. The van der Waals surface area contributed by atoms with Gasteiger partial charge in [-0.1, -0.05) is 24.3 Å². The van der Waals surface area contributed by atoms with Gasteiger partial charge in [0.05, 0.1) is 0 Å². The Labute approximate surface area is 119 Å². The third kappa shape index (κ3) is 2.50. The summed E-state index contributed by atoms with van der Waals surface area (Å²) in [5.41, 5.74) is 4.26. The summed E-state index contributed by atoms with van der Waals surface area (Å²) in [5.74, 6) is 0. The Morgan fingerprint density at radius 3 is 1.53 bits per heavy atom. The van der Waals surface area contributed by atoms with E-state index < -0.39 is 6.49 Å². The number of halogens is 1. The molecule has 0 aliphatic rings. The van der Waals surface area contributed by atoms with Gasteiger partial charge in [0, 0.05) is 10.6 Å². The average molecular weight is 293 g/mol. The van der Waals surface area contributed by atoms with Crippen LogP contribution in [0.2, 0.25) is 0 Å². The fourth-order valence-electron chi connectivity index (χ4n) is 2.22. The maximum absolute atomic E-state index is 13.1. The molecule has 0 unspecified atom stereocenters. The van der Waals surface area contributed by atoms with E-state index in [1.807, 2.05) is 64.1 Å². The molecule has 19 heavy (non-hydrogen) atoms. The van der Waals surface area contributed by atoms with Crippen LogP contribution >= 0.6 is 17.7 Å². The SMILES string of the molecule is Cc1cccc(P(=O)(Cl)c2cccc(C)c2C)c1C. The highest BCUT2D eigenvalue weighted by molar-refractivity contribution is 8.00. The number of hydrogen-bond donors (Lipinski definition) is 0. The molecule has 0 aliphatic heterocycles. The molecule has 2 aromatic rings. The van der Waals surface area contributed by atoms with Crippen molar-refractivity contribution in [2.75, 3.05) is 0 Å². The summed E-state index contributed by atoms with van der Waals surface area (Å²) in [5, 5.41) is 1.51. The summed E-state index contributed by atoms with van der Waals surface area (Å²) in [6.07, 6.45) is 0. The van der Waals surface area contributed by atoms with Gasteiger partial charge in [0.1, 0.15) is 0 Å². The monoisotopic (exact) mass is 292 g/mol. The van der Waals surface area contributed by atoms with E-state index >= 15 is 0 Å². The molecule has 0 heterocycles. The molecule has 0 atom stereocenters. The van der Waals surface area contributed by atoms with Crippen LogP contribution in [0.5, 0.6) is 0 Å². The molecule has 0 aliphatic carbocycles. The highest BCUT2D eigenvalue weighted by Crippen LogP contribution is 2.50. The molecule has 100 valence electrons. The van der Waals surface area contributed by atoms with E-state index in [2.05, 4.69) is 0 Å². The number of aryl methyl sites for hydroxylation is 2. The van der Waals surface area contributed by atoms with Crippen molar-refractivity contribution >= 4 is 28.3 Å². The predicted octanol–water partition coefficient (Wildman–Crippen LogP) is 4.39. The van der Waals surface area contributed by atoms with E-state index in [0.717, 1.165) is 32.9 Å². The van der Waals surface area contributed by atoms with Gasteiger partial charge in [-0.3, -0.25) is 4.57 Å². The van der Waals surface area contributed by atoms with Gasteiger partial charge in [-0.25, -0.2) is 0 Å². The van der Waals surface area contributed by atoms with Gasteiger partial charge in [0.2, 0.25) is 6.49 Å². The third-order valence-corrected chi connectivity index (χ3v) is 7.07. The third-order valence-electron chi connectivity index (χ3n) is 3.77. The maximum Gasteiger partial charge on any atom is 0.226 e. The first-order valence-electron chi connectivity index (χ1n) is 6.29. The van der Waals surface area contributed by atoms with Crippen molar-refractivity contribution in [1.29, 1.82) is 0 Å². The summed E-state index contributed by atoms with van der Waals surface area (Å²) in [7, 11) is 0. The average Bonchev–Trinajstić information content (AvgIpc) is 2.35. The Balaban J connectivity index is 2.69. The van der Waals surface area contributed by atoms with Crippen LogP contribution in [0.15, 0.2) is 36.4 Å². The van der Waals surface area contributed by atoms with Gasteiger partial charge in [-0.15, -0.1) is 0 Å². The number of rotatable bonds is 2. The first-order valence-corrected chi connectivity index (χ1v) is 8.90. The van der Waals surface area contributed by atoms with Gasteiger partial charge >= 0.3 is 0 Å². The second-order valence-corrected chi connectivity index (χ2v) is 8.43. The van der Waals surface area contributed by atoms with Crippen LogP contribution in [0.3, 0.4) is 0 Å². The summed E-state index contributed by atoms with van der Waals surface area (Å²) < 4.78 is 13.1. The summed E-state index contributed by atoms with van der Waals surface area (Å²) in [6, 6.07) is 11.6. The molecular weight excluding hydrogens is 275 g/mol. The van der Waals surface area contributed by atoms with Crippen LogP contribution in [0.4, 0.5) is 0 Å². The molecule has 2 rings (SSSR count). The standard InChI is InChI=1S/C16H18ClOP/c1-11-7-5-9-15(13(11)3)19(17,18)16-10-6-8-12(2)14(16)4/h5-10H,1-4H3. The minimum absolute atomic E-state index is 0.753. The van der Waals surface area contributed by atoms with Crippen molar-refractivity contribution in [1.82, 2.24) is 0 Å². The van der Waals surface area contributed by atoms with E-state index in [1.54, 1.807) is 0 Å². The summed E-state index contributed by atoms with van der Waals surface area (Å²) >= 11 is 6.50. The first kappa shape index (κ1) is 14.4. The summed E-state index contributed by atoms with van der Waals surface area (Å²) in [4.78, 5) is 0. The van der Waals surface area contributed by atoms with Crippen LogP contribution < -0.4 is 10.6 Å². The van der Waals surface area contributed by atoms with E-state index in [4.69, 9.17) is 11.2 Å². The minimum atomic E-state index is -3.05. The maximum atomic E-state index is 13.1. The van der Waals surface area contributed by atoms with Crippen LogP contribution in [0.25, 0.3) is 0 Å². The van der Waals surface area contributed by atoms with Crippen molar-refractivity contribution in [3.05, 3.63) is 58.7 Å². The van der Waals surface area contributed by atoms with Gasteiger partial charge < -0.3 is 0 Å². The Bertz CT molecular complexity index is 621. The van der Waals surface area contributed by atoms with E-state index in [9.17, 15) is 4.57 Å². The molecule has 0 spiro atoms. The van der Waals surface area contributed by atoms with E-state index in [0.29, 0.717) is 0 Å². The highest BCUT2D eigenvalue weighted by Gasteiger charge is 2.28. The fourth-order valence-corrected chi connectivity index (χ4v) is 5.35. The van der Waals surface area contributed by atoms with Crippen molar-refractivity contribution in [3.8, 4) is 0 Å². The lowest BCUT2D eigenvalue weighted by atomic mass is 10.1. The molecule has 0 radical (unpaired) electrons. The summed E-state index contributed by atoms with van der Waals surface area (Å²) in [6.45, 7) is 4.93. The zero-order valence-corrected chi connectivity index (χ0v) is 13.3. The van der Waals surface area contributed by atoms with E-state index in [1.165, 1.54) is 0 Å². The van der Waals surface area contributed by atoms with Crippen LogP contribution in [-0.4, -0.2) is 0 Å². The number of hydrogen-bond acceptors (Lipinski definition) is 1. The van der Waals surface area contributed by atoms with Crippen LogP contribution in [0, 0.1) is 27.7 Å². The molecular formula is C16H18ClOP. The second-order valence-electron chi connectivity index (χ2n) is 4.97. The largest absolute Gasteiger partial charge is 0.296 e. The Morgan fingerprint density at radius 1 is 0.789 bits per heavy atom. The van der Waals surface area contributed by atoms with Crippen molar-refractivity contribution in [2.45, 2.75) is 27.7 Å². The quantitative estimate of drug-likeness (QED) is 0.750. The van der Waals surface area contributed by atoms with Gasteiger partial charge in [0.15, 0.2) is 0 Å². The van der Waals surface area contributed by atoms with Crippen LogP contribution in [-0.2, 0) is 4.57 Å². The van der Waals surface area contributed by atoms with Gasteiger partial charge in [-0.05, 0) is 73.3 Å². The minimum Gasteiger partial charge on any atom is -0.296 e. The smallest absolute Gasteiger partial charge is 0.226 e. The van der Waals surface area contributed by atoms with Crippen molar-refractivity contribution in [3.63, 3.8) is 0 Å². The van der Waals surface area contributed by atoms with Crippen molar-refractivity contribution < 1.29 is 4.57 Å². The Morgan fingerprint density at radius 2 is 1.16 bits per heavy atom. The molecule has 1 nitrogen and oxygen atoms in total. The lowest BCUT2D eigenvalue weighted by Gasteiger charge is -2.18. The van der Waals surface area contributed by atoms with Gasteiger partial charge in [0.25, 0.3) is 0 Å². The lowest BCUT2D eigenvalue weighted by molar-refractivity contribution is 0.595. The molecule has 0 saturated carbocycles. The molecule has 0 aromatic heterocycles. The van der Waals surface area contributed by atoms with Crippen LogP contribution in [0.1, 0.15) is 22.3 Å². The Kier molecular flexibility index (Phi) is 3.90. The lowest BCUT2D eigenvalue weighted by Crippen LogP contribution is -2.18. The zero-order chi connectivity index (χ0) is 14.2.